The molecule has 6 nitrogen and oxygen atoms in total. The van der Waals surface area contributed by atoms with Crippen LogP contribution in [0.3, 0.4) is 0 Å². The predicted molar refractivity (Wildman–Crippen MR) is 112 cm³/mol. The Balaban J connectivity index is 1.62. The molecule has 4 aromatic rings. The number of ether oxygens (including phenoxy) is 1. The van der Waals surface area contributed by atoms with Gasteiger partial charge in [0.25, 0.3) is 5.91 Å². The summed E-state index contributed by atoms with van der Waals surface area (Å²) in [4.78, 5) is 16.6. The van der Waals surface area contributed by atoms with E-state index in [-0.39, 0.29) is 17.5 Å². The summed E-state index contributed by atoms with van der Waals surface area (Å²) in [7, 11) is 0. The van der Waals surface area contributed by atoms with Crippen LogP contribution in [-0.4, -0.2) is 27.3 Å². The van der Waals surface area contributed by atoms with E-state index in [1.54, 1.807) is 42.5 Å². The molecule has 0 atom stereocenters. The van der Waals surface area contributed by atoms with Crippen LogP contribution in [0.4, 0.5) is 14.5 Å². The number of nitrogens with one attached hydrogen (secondary N) is 1. The average Bonchev–Trinajstić information content (AvgIpc) is 3.19. The molecule has 1 amide bonds. The summed E-state index contributed by atoms with van der Waals surface area (Å²) in [5.41, 5.74) is 1.77. The van der Waals surface area contributed by atoms with Crippen molar-refractivity contribution in [2.75, 3.05) is 11.9 Å². The van der Waals surface area contributed by atoms with E-state index in [9.17, 15) is 13.6 Å². The van der Waals surface area contributed by atoms with Gasteiger partial charge in [0.1, 0.15) is 11.6 Å². The molecule has 0 radical (unpaired) electrons. The minimum absolute atomic E-state index is 0.134. The second kappa shape index (κ2) is 8.74. The number of carbonyl (C=O) groups excluding carboxylic acids is 1. The summed E-state index contributed by atoms with van der Waals surface area (Å²) in [6, 6.07) is 18.5. The highest BCUT2D eigenvalue weighted by molar-refractivity contribution is 6.04. The standard InChI is InChI=1S/C23H18F2N4O2/c1-2-31-23-27-21(19-5-3-4-6-20(19)25)29(28-23)18-13-11-17(12-14-18)26-22(30)15-7-9-16(24)10-8-15/h3-14H,2H2,1H3,(H,26,30). The van der Waals surface area contributed by atoms with Gasteiger partial charge in [0.15, 0.2) is 5.82 Å². The largest absolute Gasteiger partial charge is 0.463 e. The number of halogens is 2. The van der Waals surface area contributed by atoms with Gasteiger partial charge < -0.3 is 10.1 Å². The summed E-state index contributed by atoms with van der Waals surface area (Å²) in [6.07, 6.45) is 0. The van der Waals surface area contributed by atoms with Crippen LogP contribution in [0.15, 0.2) is 72.8 Å². The van der Waals surface area contributed by atoms with E-state index in [1.165, 1.54) is 35.0 Å². The van der Waals surface area contributed by atoms with E-state index in [1.807, 2.05) is 6.92 Å². The molecule has 0 aliphatic carbocycles. The first-order chi connectivity index (χ1) is 15.0. The van der Waals surface area contributed by atoms with E-state index in [4.69, 9.17) is 4.74 Å². The lowest BCUT2D eigenvalue weighted by atomic mass is 10.2. The third-order valence-corrected chi connectivity index (χ3v) is 4.45. The lowest BCUT2D eigenvalue weighted by Gasteiger charge is -2.09. The summed E-state index contributed by atoms with van der Waals surface area (Å²) in [5.74, 6) is -0.906. The highest BCUT2D eigenvalue weighted by atomic mass is 19.1. The van der Waals surface area contributed by atoms with E-state index < -0.39 is 11.6 Å². The number of carbonyl (C=O) groups is 1. The van der Waals surface area contributed by atoms with Crippen molar-refractivity contribution in [1.82, 2.24) is 14.8 Å². The van der Waals surface area contributed by atoms with Crippen LogP contribution >= 0.6 is 0 Å². The molecule has 1 aromatic heterocycles. The van der Waals surface area contributed by atoms with Gasteiger partial charge in [-0.05, 0) is 67.6 Å². The number of rotatable bonds is 6. The molecule has 0 saturated carbocycles. The first-order valence-corrected chi connectivity index (χ1v) is 9.57. The summed E-state index contributed by atoms with van der Waals surface area (Å²) in [5, 5.41) is 7.07. The Morgan fingerprint density at radius 2 is 1.71 bits per heavy atom. The van der Waals surface area contributed by atoms with E-state index in [2.05, 4.69) is 15.4 Å². The second-order valence-corrected chi connectivity index (χ2v) is 6.55. The molecule has 0 fully saturated rings. The van der Waals surface area contributed by atoms with Crippen LogP contribution in [0.1, 0.15) is 17.3 Å². The van der Waals surface area contributed by atoms with Crippen LogP contribution in [0, 0.1) is 11.6 Å². The number of amides is 1. The second-order valence-electron chi connectivity index (χ2n) is 6.55. The third kappa shape index (κ3) is 4.42. The van der Waals surface area contributed by atoms with E-state index in [0.29, 0.717) is 29.4 Å². The first kappa shape index (κ1) is 20.2. The Morgan fingerprint density at radius 1 is 1.00 bits per heavy atom. The fraction of sp³-hybridized carbons (Fsp3) is 0.0870. The molecule has 0 spiro atoms. The van der Waals surface area contributed by atoms with Crippen LogP contribution in [0.25, 0.3) is 17.1 Å². The molecule has 4 rings (SSSR count). The molecule has 156 valence electrons. The van der Waals surface area contributed by atoms with Gasteiger partial charge in [-0.15, -0.1) is 5.10 Å². The van der Waals surface area contributed by atoms with Gasteiger partial charge in [0.2, 0.25) is 0 Å². The lowest BCUT2D eigenvalue weighted by Crippen LogP contribution is -2.12. The van der Waals surface area contributed by atoms with E-state index in [0.717, 1.165) is 0 Å². The molecule has 1 heterocycles. The van der Waals surface area contributed by atoms with Crippen LogP contribution in [0.5, 0.6) is 6.01 Å². The van der Waals surface area contributed by atoms with Gasteiger partial charge in [-0.1, -0.05) is 12.1 Å². The number of hydrogen-bond acceptors (Lipinski definition) is 4. The van der Waals surface area contributed by atoms with Crippen molar-refractivity contribution in [3.63, 3.8) is 0 Å². The van der Waals surface area contributed by atoms with Gasteiger partial charge in [-0.3, -0.25) is 4.79 Å². The van der Waals surface area contributed by atoms with Crippen LogP contribution in [0.2, 0.25) is 0 Å². The highest BCUT2D eigenvalue weighted by Gasteiger charge is 2.17. The van der Waals surface area contributed by atoms with E-state index >= 15 is 0 Å². The Hall–Kier alpha value is -4.07. The van der Waals surface area contributed by atoms with Crippen molar-refractivity contribution in [3.8, 4) is 23.1 Å². The molecular weight excluding hydrogens is 402 g/mol. The Bertz CT molecular complexity index is 1210. The fourth-order valence-corrected chi connectivity index (χ4v) is 2.97. The molecule has 3 aromatic carbocycles. The number of benzene rings is 3. The Labute approximate surface area is 177 Å². The van der Waals surface area contributed by atoms with Crippen molar-refractivity contribution in [3.05, 3.63) is 90.0 Å². The fourth-order valence-electron chi connectivity index (χ4n) is 2.97. The smallest absolute Gasteiger partial charge is 0.336 e. The zero-order chi connectivity index (χ0) is 21.8. The van der Waals surface area contributed by atoms with Crippen molar-refractivity contribution in [1.29, 1.82) is 0 Å². The number of hydrogen-bond donors (Lipinski definition) is 1. The normalized spacial score (nSPS) is 10.7. The zero-order valence-corrected chi connectivity index (χ0v) is 16.5. The lowest BCUT2D eigenvalue weighted by molar-refractivity contribution is 0.102. The van der Waals surface area contributed by atoms with Gasteiger partial charge in [0.05, 0.1) is 17.9 Å². The van der Waals surface area contributed by atoms with Crippen LogP contribution in [-0.2, 0) is 0 Å². The average molecular weight is 420 g/mol. The minimum Gasteiger partial charge on any atom is -0.463 e. The Morgan fingerprint density at radius 3 is 2.39 bits per heavy atom. The van der Waals surface area contributed by atoms with Gasteiger partial charge in [0, 0.05) is 11.3 Å². The van der Waals surface area contributed by atoms with Gasteiger partial charge in [-0.25, -0.2) is 13.5 Å². The molecule has 0 unspecified atom stereocenters. The van der Waals surface area contributed by atoms with Crippen molar-refractivity contribution in [2.45, 2.75) is 6.92 Å². The molecule has 8 heteroatoms. The topological polar surface area (TPSA) is 69.0 Å². The SMILES string of the molecule is CCOc1nc(-c2ccccc2F)n(-c2ccc(NC(=O)c3ccc(F)cc3)cc2)n1. The molecule has 31 heavy (non-hydrogen) atoms. The van der Waals surface area contributed by atoms with Gasteiger partial charge >= 0.3 is 6.01 Å². The van der Waals surface area contributed by atoms with Crippen molar-refractivity contribution in [2.24, 2.45) is 0 Å². The minimum atomic E-state index is -0.428. The van der Waals surface area contributed by atoms with Crippen LogP contribution < -0.4 is 10.1 Å². The number of aromatic nitrogens is 3. The molecular formula is C23H18F2N4O2. The molecule has 0 aliphatic heterocycles. The monoisotopic (exact) mass is 420 g/mol. The first-order valence-electron chi connectivity index (χ1n) is 9.57. The maximum Gasteiger partial charge on any atom is 0.336 e. The number of nitrogens with zero attached hydrogens (tertiary/aromatic N) is 3. The van der Waals surface area contributed by atoms with Crippen molar-refractivity contribution >= 4 is 11.6 Å². The third-order valence-electron chi connectivity index (χ3n) is 4.45. The Kier molecular flexibility index (Phi) is 5.70. The van der Waals surface area contributed by atoms with Gasteiger partial charge in [-0.2, -0.15) is 4.98 Å². The molecule has 0 aliphatic rings. The summed E-state index contributed by atoms with van der Waals surface area (Å²) in [6.45, 7) is 2.18. The highest BCUT2D eigenvalue weighted by Crippen LogP contribution is 2.26. The quantitative estimate of drug-likeness (QED) is 0.484. The van der Waals surface area contributed by atoms with Crippen molar-refractivity contribution < 1.29 is 18.3 Å². The maximum absolute atomic E-state index is 14.4. The summed E-state index contributed by atoms with van der Waals surface area (Å²) < 4.78 is 34.3. The molecule has 1 N–H and O–H groups in total. The number of anilines is 1. The maximum atomic E-state index is 14.4. The zero-order valence-electron chi connectivity index (χ0n) is 16.5. The molecule has 0 saturated heterocycles. The molecule has 0 bridgehead atoms. The summed E-state index contributed by atoms with van der Waals surface area (Å²) >= 11 is 0. The predicted octanol–water partition coefficient (Wildman–Crippen LogP) is 4.86.